The number of hydrogen-bond acceptors (Lipinski definition) is 6. The number of nitrogens with zero attached hydrogens (tertiary/aromatic N) is 3. The molecule has 2 atom stereocenters. The van der Waals surface area contributed by atoms with E-state index >= 15 is 0 Å². The summed E-state index contributed by atoms with van der Waals surface area (Å²) < 4.78 is 27.9. The summed E-state index contributed by atoms with van der Waals surface area (Å²) in [5.41, 5.74) is 3.15. The van der Waals surface area contributed by atoms with E-state index in [1.807, 2.05) is 18.2 Å². The van der Waals surface area contributed by atoms with Crippen molar-refractivity contribution < 1.29 is 13.2 Å². The molecule has 2 aliphatic heterocycles. The third-order valence-electron chi connectivity index (χ3n) is 7.31. The maximum Gasteiger partial charge on any atom is 0.256 e. The van der Waals surface area contributed by atoms with E-state index in [1.165, 1.54) is 29.0 Å². The largest absolute Gasteiger partial charge is 0.312 e. The Morgan fingerprint density at radius 3 is 2.38 bits per heavy atom. The maximum atomic E-state index is 13.2. The number of sulfonamides is 1. The van der Waals surface area contributed by atoms with Gasteiger partial charge in [-0.2, -0.15) is 9.57 Å². The highest BCUT2D eigenvalue weighted by Crippen LogP contribution is 2.37. The molecule has 7 nitrogen and oxygen atoms in total. The molecule has 1 saturated heterocycles. The Morgan fingerprint density at radius 1 is 1.08 bits per heavy atom. The van der Waals surface area contributed by atoms with Gasteiger partial charge in [0, 0.05) is 43.2 Å². The highest BCUT2D eigenvalue weighted by atomic mass is 35.5. The van der Waals surface area contributed by atoms with Crippen molar-refractivity contribution in [3.05, 3.63) is 81.7 Å². The topological polar surface area (TPSA) is 93.5 Å². The molecule has 1 N–H and O–H groups in total. The van der Waals surface area contributed by atoms with Crippen LogP contribution in [0.15, 0.2) is 59.5 Å². The van der Waals surface area contributed by atoms with Gasteiger partial charge in [-0.1, -0.05) is 44.2 Å². The zero-order valence-corrected chi connectivity index (χ0v) is 24.5. The molecule has 1 aromatic heterocycles. The molecule has 0 bridgehead atoms. The highest BCUT2D eigenvalue weighted by molar-refractivity contribution is 7.89. The van der Waals surface area contributed by atoms with E-state index in [0.29, 0.717) is 41.1 Å². The molecule has 1 amide bonds. The molecule has 2 unspecified atom stereocenters. The quantitative estimate of drug-likeness (QED) is 0.412. The van der Waals surface area contributed by atoms with Crippen molar-refractivity contribution in [3.63, 3.8) is 0 Å². The first-order valence-electron chi connectivity index (χ1n) is 13.0. The Balaban J connectivity index is 0.00000353. The van der Waals surface area contributed by atoms with Crippen LogP contribution in [0.4, 0.5) is 5.00 Å². The van der Waals surface area contributed by atoms with E-state index in [1.54, 1.807) is 16.4 Å². The molecule has 1 fully saturated rings. The van der Waals surface area contributed by atoms with Crippen LogP contribution in [0.5, 0.6) is 0 Å². The molecule has 0 saturated carbocycles. The molecule has 2 aromatic carbocycles. The summed E-state index contributed by atoms with van der Waals surface area (Å²) in [6, 6.07) is 18.7. The fourth-order valence-corrected chi connectivity index (χ4v) is 8.46. The van der Waals surface area contributed by atoms with E-state index in [9.17, 15) is 18.5 Å². The van der Waals surface area contributed by atoms with Gasteiger partial charge < -0.3 is 5.32 Å². The van der Waals surface area contributed by atoms with Crippen LogP contribution in [0.3, 0.4) is 0 Å². The van der Waals surface area contributed by atoms with Crippen LogP contribution in [0.25, 0.3) is 0 Å². The first-order chi connectivity index (χ1) is 18.2. The van der Waals surface area contributed by atoms with Crippen LogP contribution in [0.2, 0.25) is 0 Å². The Labute approximate surface area is 240 Å². The Bertz CT molecular complexity index is 1460. The summed E-state index contributed by atoms with van der Waals surface area (Å²) in [5.74, 6) is 0.273. The van der Waals surface area contributed by atoms with E-state index in [0.717, 1.165) is 42.9 Å². The number of nitriles is 1. The van der Waals surface area contributed by atoms with E-state index in [2.05, 4.69) is 42.3 Å². The standard InChI is InChI=1S/C29H32N4O3S2.ClH/c1-20-14-21(2)17-33(16-20)38(35,36)24-10-8-23(9-11-24)28(34)31-29-26(15-30)25-12-13-32(19-27(25)37-29)18-22-6-4-3-5-7-22;/h3-11,20-21H,12-14,16-19H2,1-2H3,(H,31,34);1H. The number of piperidine rings is 1. The van der Waals surface area contributed by atoms with Crippen molar-refractivity contribution in [1.82, 2.24) is 9.21 Å². The van der Waals surface area contributed by atoms with E-state index in [4.69, 9.17) is 0 Å². The lowest BCUT2D eigenvalue weighted by atomic mass is 9.94. The number of carbonyl (C=O) groups is 1. The molecule has 39 heavy (non-hydrogen) atoms. The van der Waals surface area contributed by atoms with Gasteiger partial charge in [-0.15, -0.1) is 23.7 Å². The second-order valence-electron chi connectivity index (χ2n) is 10.5. The van der Waals surface area contributed by atoms with Crippen molar-refractivity contribution in [2.24, 2.45) is 11.8 Å². The SMILES string of the molecule is CC1CC(C)CN(S(=O)(=O)c2ccc(C(=O)Nc3sc4c(c3C#N)CCN(Cc3ccccc3)C4)cc2)C1.Cl. The lowest BCUT2D eigenvalue weighted by molar-refractivity contribution is 0.102. The summed E-state index contributed by atoms with van der Waals surface area (Å²) in [5, 5.41) is 13.3. The van der Waals surface area contributed by atoms with Crippen molar-refractivity contribution in [3.8, 4) is 6.07 Å². The molecule has 10 heteroatoms. The minimum atomic E-state index is -3.61. The summed E-state index contributed by atoms with van der Waals surface area (Å²) in [7, 11) is -3.61. The summed E-state index contributed by atoms with van der Waals surface area (Å²) in [4.78, 5) is 16.7. The monoisotopic (exact) mass is 584 g/mol. The molecular formula is C29H33ClN4O3S2. The van der Waals surface area contributed by atoms with Gasteiger partial charge in [-0.05, 0) is 60.1 Å². The zero-order chi connectivity index (χ0) is 26.9. The fourth-order valence-electron chi connectivity index (χ4n) is 5.54. The Kier molecular flexibility index (Phi) is 9.14. The molecule has 5 rings (SSSR count). The summed E-state index contributed by atoms with van der Waals surface area (Å²) in [6.45, 7) is 7.60. The van der Waals surface area contributed by atoms with Crippen LogP contribution < -0.4 is 5.32 Å². The average Bonchev–Trinajstić information content (AvgIpc) is 3.24. The number of fused-ring (bicyclic) bond motifs is 1. The molecule has 0 aliphatic carbocycles. The molecular weight excluding hydrogens is 552 g/mol. The number of rotatable bonds is 6. The molecule has 0 radical (unpaired) electrons. The molecule has 2 aliphatic rings. The van der Waals surface area contributed by atoms with E-state index in [-0.39, 0.29) is 23.2 Å². The maximum absolute atomic E-state index is 13.2. The number of carbonyl (C=O) groups excluding carboxylic acids is 1. The lowest BCUT2D eigenvalue weighted by Crippen LogP contribution is -2.42. The minimum absolute atomic E-state index is 0. The second-order valence-corrected chi connectivity index (χ2v) is 13.6. The van der Waals surface area contributed by atoms with Crippen LogP contribution >= 0.6 is 23.7 Å². The highest BCUT2D eigenvalue weighted by Gasteiger charge is 2.32. The van der Waals surface area contributed by atoms with Crippen molar-refractivity contribution in [2.75, 3.05) is 25.0 Å². The minimum Gasteiger partial charge on any atom is -0.312 e. The van der Waals surface area contributed by atoms with Crippen LogP contribution in [-0.2, 0) is 29.5 Å². The van der Waals surface area contributed by atoms with Gasteiger partial charge in [0.2, 0.25) is 10.0 Å². The zero-order valence-electron chi connectivity index (χ0n) is 22.1. The third-order valence-corrected chi connectivity index (χ3v) is 10.3. The summed E-state index contributed by atoms with van der Waals surface area (Å²) >= 11 is 1.45. The van der Waals surface area contributed by atoms with Crippen LogP contribution in [0, 0.1) is 23.2 Å². The number of halogens is 1. The third kappa shape index (κ3) is 6.37. The lowest BCUT2D eigenvalue weighted by Gasteiger charge is -2.34. The van der Waals surface area contributed by atoms with Gasteiger partial charge in [-0.3, -0.25) is 9.69 Å². The number of thiophene rings is 1. The number of benzene rings is 2. The van der Waals surface area contributed by atoms with Crippen LogP contribution in [0.1, 0.15) is 52.2 Å². The summed E-state index contributed by atoms with van der Waals surface area (Å²) in [6.07, 6.45) is 1.78. The van der Waals surface area contributed by atoms with Crippen molar-refractivity contribution in [1.29, 1.82) is 5.26 Å². The van der Waals surface area contributed by atoms with Gasteiger partial charge in [0.05, 0.1) is 10.5 Å². The Morgan fingerprint density at radius 2 is 1.74 bits per heavy atom. The number of hydrogen-bond donors (Lipinski definition) is 1. The number of anilines is 1. The molecule has 3 heterocycles. The van der Waals surface area contributed by atoms with Crippen LogP contribution in [-0.4, -0.2) is 43.2 Å². The van der Waals surface area contributed by atoms with Gasteiger partial charge in [0.25, 0.3) is 5.91 Å². The van der Waals surface area contributed by atoms with Crippen molar-refractivity contribution >= 4 is 44.7 Å². The fraction of sp³-hybridized carbons (Fsp3) is 0.379. The Hall–Kier alpha value is -2.74. The second kappa shape index (κ2) is 12.2. The number of amides is 1. The first kappa shape index (κ1) is 29.2. The number of nitrogens with one attached hydrogen (secondary N) is 1. The van der Waals surface area contributed by atoms with Gasteiger partial charge in [0.15, 0.2) is 0 Å². The molecule has 3 aromatic rings. The van der Waals surface area contributed by atoms with E-state index < -0.39 is 10.0 Å². The van der Waals surface area contributed by atoms with Crippen molar-refractivity contribution in [2.45, 2.75) is 44.7 Å². The smallest absolute Gasteiger partial charge is 0.256 e. The predicted molar refractivity (Wildman–Crippen MR) is 157 cm³/mol. The normalized spacial score (nSPS) is 19.9. The van der Waals surface area contributed by atoms with Gasteiger partial charge in [-0.25, -0.2) is 8.42 Å². The first-order valence-corrected chi connectivity index (χ1v) is 15.2. The molecule has 0 spiro atoms. The average molecular weight is 585 g/mol. The molecule has 206 valence electrons. The van der Waals surface area contributed by atoms with Gasteiger partial charge in [0.1, 0.15) is 11.1 Å². The van der Waals surface area contributed by atoms with Gasteiger partial charge >= 0.3 is 0 Å². The predicted octanol–water partition coefficient (Wildman–Crippen LogP) is 5.52.